The minimum absolute atomic E-state index is 0.0689. The number of aromatic nitrogens is 3. The number of rotatable bonds is 2. The van der Waals surface area contributed by atoms with E-state index in [2.05, 4.69) is 10.1 Å². The normalized spacial score (nSPS) is 23.4. The topological polar surface area (TPSA) is 51.0 Å². The van der Waals surface area contributed by atoms with Crippen molar-refractivity contribution in [2.75, 3.05) is 6.54 Å². The molecule has 2 fully saturated rings. The lowest BCUT2D eigenvalue weighted by molar-refractivity contribution is 0.0379. The van der Waals surface area contributed by atoms with Crippen molar-refractivity contribution in [1.82, 2.24) is 19.7 Å². The Morgan fingerprint density at radius 1 is 1.12 bits per heavy atom. The van der Waals surface area contributed by atoms with E-state index in [0.717, 1.165) is 19.4 Å². The molecule has 4 rings (SSSR count). The van der Waals surface area contributed by atoms with Gasteiger partial charge < -0.3 is 4.90 Å². The van der Waals surface area contributed by atoms with Crippen LogP contribution in [0.4, 0.5) is 4.39 Å². The minimum atomic E-state index is -0.297. The van der Waals surface area contributed by atoms with Crippen LogP contribution < -0.4 is 0 Å². The molecule has 1 amide bonds. The Morgan fingerprint density at radius 2 is 1.84 bits per heavy atom. The van der Waals surface area contributed by atoms with Crippen molar-refractivity contribution in [1.29, 1.82) is 0 Å². The molecule has 1 aliphatic heterocycles. The average Bonchev–Trinajstić information content (AvgIpc) is 3.03. The summed E-state index contributed by atoms with van der Waals surface area (Å²) < 4.78 is 14.7. The number of likely N-dealkylation sites (tertiary alicyclic amines) is 1. The van der Waals surface area contributed by atoms with Crippen molar-refractivity contribution in [3.8, 4) is 5.69 Å². The molecule has 0 radical (unpaired) electrons. The summed E-state index contributed by atoms with van der Waals surface area (Å²) in [5, 5.41) is 4.41. The van der Waals surface area contributed by atoms with Crippen LogP contribution in [0.2, 0.25) is 0 Å². The Hall–Kier alpha value is -2.24. The van der Waals surface area contributed by atoms with Gasteiger partial charge in [-0.1, -0.05) is 12.8 Å². The average molecular weight is 342 g/mol. The molecule has 2 aromatic rings. The second-order valence-electron chi connectivity index (χ2n) is 7.12. The summed E-state index contributed by atoms with van der Waals surface area (Å²) >= 11 is 0. The summed E-state index contributed by atoms with van der Waals surface area (Å²) in [6, 6.07) is 6.39. The zero-order valence-corrected chi connectivity index (χ0v) is 14.5. The van der Waals surface area contributed by atoms with Crippen LogP contribution in [-0.4, -0.2) is 38.2 Å². The molecule has 1 aliphatic carbocycles. The molecule has 1 saturated heterocycles. The van der Waals surface area contributed by atoms with Gasteiger partial charge in [-0.3, -0.25) is 4.79 Å². The van der Waals surface area contributed by atoms with Crippen molar-refractivity contribution in [2.45, 2.75) is 51.5 Å². The Kier molecular flexibility index (Phi) is 4.27. The molecule has 0 spiro atoms. The number of aryl methyl sites for hydroxylation is 1. The van der Waals surface area contributed by atoms with E-state index >= 15 is 0 Å². The number of piperidine rings is 1. The number of carbonyl (C=O) groups is 1. The molecule has 25 heavy (non-hydrogen) atoms. The van der Waals surface area contributed by atoms with Crippen molar-refractivity contribution in [2.24, 2.45) is 5.92 Å². The molecule has 2 heterocycles. The van der Waals surface area contributed by atoms with Crippen LogP contribution in [0.15, 0.2) is 24.3 Å². The van der Waals surface area contributed by atoms with Crippen molar-refractivity contribution in [3.05, 3.63) is 41.7 Å². The predicted octanol–water partition coefficient (Wildman–Crippen LogP) is 3.51. The van der Waals surface area contributed by atoms with Gasteiger partial charge in [0.1, 0.15) is 11.6 Å². The standard InChI is InChI=1S/C19H23FN4O/c1-13-21-18(22-24(13)16-10-8-15(20)9-11-16)19(25)23-12-4-6-14-5-2-3-7-17(14)23/h8-11,14,17H,2-7,12H2,1H3/t14-,17-/m0/s1. The van der Waals surface area contributed by atoms with Crippen LogP contribution >= 0.6 is 0 Å². The fourth-order valence-corrected chi connectivity index (χ4v) is 4.31. The van der Waals surface area contributed by atoms with Gasteiger partial charge >= 0.3 is 0 Å². The fourth-order valence-electron chi connectivity index (χ4n) is 4.31. The maximum Gasteiger partial charge on any atom is 0.293 e. The third-order valence-electron chi connectivity index (χ3n) is 5.54. The summed E-state index contributed by atoms with van der Waals surface area (Å²) in [7, 11) is 0. The van der Waals surface area contributed by atoms with E-state index < -0.39 is 0 Å². The highest BCUT2D eigenvalue weighted by Crippen LogP contribution is 2.35. The molecule has 2 atom stereocenters. The highest BCUT2D eigenvalue weighted by atomic mass is 19.1. The smallest absolute Gasteiger partial charge is 0.293 e. The van der Waals surface area contributed by atoms with Crippen molar-refractivity contribution in [3.63, 3.8) is 0 Å². The number of halogens is 1. The van der Waals surface area contributed by atoms with Gasteiger partial charge in [0, 0.05) is 12.6 Å². The van der Waals surface area contributed by atoms with Crippen LogP contribution in [-0.2, 0) is 0 Å². The van der Waals surface area contributed by atoms with E-state index in [9.17, 15) is 9.18 Å². The fraction of sp³-hybridized carbons (Fsp3) is 0.526. The number of carbonyl (C=O) groups excluding carboxylic acids is 1. The van der Waals surface area contributed by atoms with E-state index in [-0.39, 0.29) is 17.5 Å². The summed E-state index contributed by atoms with van der Waals surface area (Å²) in [5.74, 6) is 1.14. The molecule has 132 valence electrons. The van der Waals surface area contributed by atoms with Gasteiger partial charge in [0.15, 0.2) is 0 Å². The Balaban J connectivity index is 1.60. The first-order valence-electron chi connectivity index (χ1n) is 9.14. The molecule has 1 saturated carbocycles. The quantitative estimate of drug-likeness (QED) is 0.839. The van der Waals surface area contributed by atoms with Gasteiger partial charge in [0.25, 0.3) is 5.91 Å². The molecule has 0 bridgehead atoms. The van der Waals surface area contributed by atoms with Crippen LogP contribution in [0.3, 0.4) is 0 Å². The third-order valence-corrected chi connectivity index (χ3v) is 5.54. The lowest BCUT2D eigenvalue weighted by atomic mass is 9.78. The molecule has 1 aromatic carbocycles. The number of nitrogens with zero attached hydrogens (tertiary/aromatic N) is 4. The van der Waals surface area contributed by atoms with E-state index in [1.54, 1.807) is 16.8 Å². The molecule has 2 aliphatic rings. The number of amides is 1. The van der Waals surface area contributed by atoms with Gasteiger partial charge in [-0.05, 0) is 62.8 Å². The highest BCUT2D eigenvalue weighted by molar-refractivity contribution is 5.90. The van der Waals surface area contributed by atoms with Gasteiger partial charge in [-0.15, -0.1) is 5.10 Å². The first kappa shape index (κ1) is 16.2. The summed E-state index contributed by atoms with van der Waals surface area (Å²) in [5.41, 5.74) is 0.708. The van der Waals surface area contributed by atoms with Gasteiger partial charge in [-0.25, -0.2) is 14.1 Å². The van der Waals surface area contributed by atoms with E-state index in [4.69, 9.17) is 0 Å². The SMILES string of the molecule is Cc1nc(C(=O)N2CCC[C@@H]3CCCC[C@@H]32)nn1-c1ccc(F)cc1. The molecule has 1 aromatic heterocycles. The number of hydrogen-bond donors (Lipinski definition) is 0. The lowest BCUT2D eigenvalue weighted by Crippen LogP contribution is -2.49. The molecular weight excluding hydrogens is 319 g/mol. The van der Waals surface area contributed by atoms with Crippen molar-refractivity contribution >= 4 is 5.91 Å². The van der Waals surface area contributed by atoms with Crippen molar-refractivity contribution < 1.29 is 9.18 Å². The highest BCUT2D eigenvalue weighted by Gasteiger charge is 2.37. The second kappa shape index (κ2) is 6.58. The Bertz CT molecular complexity index is 768. The third kappa shape index (κ3) is 3.05. The summed E-state index contributed by atoms with van der Waals surface area (Å²) in [6.45, 7) is 2.61. The molecule has 0 N–H and O–H groups in total. The number of fused-ring (bicyclic) bond motifs is 1. The van der Waals surface area contributed by atoms with Crippen LogP contribution in [0, 0.1) is 18.7 Å². The maximum atomic E-state index is 13.1. The molecule has 6 heteroatoms. The summed E-state index contributed by atoms with van der Waals surface area (Å²) in [6.07, 6.45) is 7.08. The maximum absolute atomic E-state index is 13.1. The molecule has 0 unspecified atom stereocenters. The zero-order valence-electron chi connectivity index (χ0n) is 14.5. The first-order valence-corrected chi connectivity index (χ1v) is 9.14. The number of hydrogen-bond acceptors (Lipinski definition) is 3. The second-order valence-corrected chi connectivity index (χ2v) is 7.12. The van der Waals surface area contributed by atoms with Crippen LogP contribution in [0.5, 0.6) is 0 Å². The number of benzene rings is 1. The zero-order chi connectivity index (χ0) is 17.4. The first-order chi connectivity index (χ1) is 12.1. The lowest BCUT2D eigenvalue weighted by Gasteiger charge is -2.43. The molecule has 5 nitrogen and oxygen atoms in total. The van der Waals surface area contributed by atoms with E-state index in [0.29, 0.717) is 23.5 Å². The van der Waals surface area contributed by atoms with Crippen LogP contribution in [0.1, 0.15) is 55.0 Å². The van der Waals surface area contributed by atoms with Crippen LogP contribution in [0.25, 0.3) is 5.69 Å². The van der Waals surface area contributed by atoms with E-state index in [1.807, 2.05) is 11.8 Å². The Labute approximate surface area is 146 Å². The van der Waals surface area contributed by atoms with Gasteiger partial charge in [-0.2, -0.15) is 0 Å². The Morgan fingerprint density at radius 3 is 2.64 bits per heavy atom. The summed E-state index contributed by atoms with van der Waals surface area (Å²) in [4.78, 5) is 19.4. The minimum Gasteiger partial charge on any atom is -0.333 e. The van der Waals surface area contributed by atoms with Gasteiger partial charge in [0.2, 0.25) is 5.82 Å². The monoisotopic (exact) mass is 342 g/mol. The largest absolute Gasteiger partial charge is 0.333 e. The molecular formula is C19H23FN4O. The van der Waals surface area contributed by atoms with E-state index in [1.165, 1.54) is 37.8 Å². The van der Waals surface area contributed by atoms with Gasteiger partial charge in [0.05, 0.1) is 5.69 Å². The predicted molar refractivity (Wildman–Crippen MR) is 92.1 cm³/mol.